The number of nitrogens with one attached hydrogen (secondary N) is 1. The Hall–Kier alpha value is -0.520. The van der Waals surface area contributed by atoms with E-state index in [1.54, 1.807) is 11.3 Å². The highest BCUT2D eigenvalue weighted by Crippen LogP contribution is 2.20. The lowest BCUT2D eigenvalue weighted by molar-refractivity contribution is 0.192. The average Bonchev–Trinajstić information content (AvgIpc) is 2.79. The van der Waals surface area contributed by atoms with E-state index in [1.165, 1.54) is 38.9 Å². The lowest BCUT2D eigenvalue weighted by atomic mass is 10.0. The molecule has 0 spiro atoms. The van der Waals surface area contributed by atoms with Gasteiger partial charge in [-0.3, -0.25) is 0 Å². The van der Waals surface area contributed by atoms with Crippen LogP contribution in [0.4, 0.5) is 0 Å². The number of hydrogen-bond acceptors (Lipinski definition) is 5. The number of hydrogen-bond donors (Lipinski definition) is 1. The van der Waals surface area contributed by atoms with E-state index >= 15 is 0 Å². The van der Waals surface area contributed by atoms with Crippen LogP contribution >= 0.6 is 11.3 Å². The standard InChI is InChI=1S/C13H24N4S/c1-4-7-17-8-5-12(6-9-17)14-10(2)13-16-15-11(3)18-13/h10,12,14H,4-9H2,1-3H3. The second kappa shape index (κ2) is 6.59. The SMILES string of the molecule is CCCN1CCC(NC(C)c2nnc(C)s2)CC1. The van der Waals surface area contributed by atoms with Gasteiger partial charge in [-0.15, -0.1) is 21.5 Å². The summed E-state index contributed by atoms with van der Waals surface area (Å²) in [4.78, 5) is 2.57. The van der Waals surface area contributed by atoms with Crippen LogP contribution in [0.25, 0.3) is 0 Å². The Bertz CT molecular complexity index is 358. The Morgan fingerprint density at radius 2 is 2.11 bits per heavy atom. The van der Waals surface area contributed by atoms with Gasteiger partial charge in [-0.1, -0.05) is 6.92 Å². The number of rotatable bonds is 5. The third-order valence-corrected chi connectivity index (χ3v) is 4.55. The van der Waals surface area contributed by atoms with E-state index in [-0.39, 0.29) is 0 Å². The Morgan fingerprint density at radius 3 is 2.67 bits per heavy atom. The molecule has 1 aliphatic rings. The van der Waals surface area contributed by atoms with E-state index in [4.69, 9.17) is 0 Å². The molecular formula is C13H24N4S. The van der Waals surface area contributed by atoms with E-state index in [2.05, 4.69) is 34.3 Å². The summed E-state index contributed by atoms with van der Waals surface area (Å²) in [5.41, 5.74) is 0. The van der Waals surface area contributed by atoms with Crippen LogP contribution in [0, 0.1) is 6.92 Å². The Morgan fingerprint density at radius 1 is 1.39 bits per heavy atom. The molecule has 2 heterocycles. The molecule has 0 aromatic carbocycles. The smallest absolute Gasteiger partial charge is 0.134 e. The fourth-order valence-electron chi connectivity index (χ4n) is 2.55. The van der Waals surface area contributed by atoms with Crippen LogP contribution in [0.2, 0.25) is 0 Å². The summed E-state index contributed by atoms with van der Waals surface area (Å²) in [7, 11) is 0. The first-order valence-electron chi connectivity index (χ1n) is 6.97. The highest BCUT2D eigenvalue weighted by Gasteiger charge is 2.21. The molecule has 2 rings (SSSR count). The summed E-state index contributed by atoms with van der Waals surface area (Å²) in [6, 6.07) is 0.969. The minimum absolute atomic E-state index is 0.332. The van der Waals surface area contributed by atoms with Crippen molar-refractivity contribution in [2.24, 2.45) is 0 Å². The molecule has 18 heavy (non-hydrogen) atoms. The van der Waals surface area contributed by atoms with E-state index in [0.717, 1.165) is 10.0 Å². The van der Waals surface area contributed by atoms with Crippen LogP contribution in [-0.4, -0.2) is 40.8 Å². The number of likely N-dealkylation sites (tertiary alicyclic amines) is 1. The van der Waals surface area contributed by atoms with Gasteiger partial charge >= 0.3 is 0 Å². The van der Waals surface area contributed by atoms with Crippen molar-refractivity contribution in [1.29, 1.82) is 0 Å². The molecule has 0 bridgehead atoms. The first-order valence-corrected chi connectivity index (χ1v) is 7.79. The fourth-order valence-corrected chi connectivity index (χ4v) is 3.26. The lowest BCUT2D eigenvalue weighted by Crippen LogP contribution is -2.43. The number of aromatic nitrogens is 2. The van der Waals surface area contributed by atoms with E-state index in [1.807, 2.05) is 6.92 Å². The first-order chi connectivity index (χ1) is 8.69. The molecule has 1 saturated heterocycles. The monoisotopic (exact) mass is 268 g/mol. The highest BCUT2D eigenvalue weighted by molar-refractivity contribution is 7.11. The molecule has 0 amide bonds. The molecule has 4 nitrogen and oxygen atoms in total. The molecule has 0 aliphatic carbocycles. The number of nitrogens with zero attached hydrogens (tertiary/aromatic N) is 3. The minimum atomic E-state index is 0.332. The highest BCUT2D eigenvalue weighted by atomic mass is 32.1. The summed E-state index contributed by atoms with van der Waals surface area (Å²) in [6.45, 7) is 10.2. The summed E-state index contributed by atoms with van der Waals surface area (Å²) < 4.78 is 0. The van der Waals surface area contributed by atoms with Crippen molar-refractivity contribution in [3.05, 3.63) is 10.0 Å². The van der Waals surface area contributed by atoms with Crippen molar-refractivity contribution in [2.45, 2.75) is 52.1 Å². The predicted octanol–water partition coefficient (Wildman–Crippen LogP) is 2.37. The van der Waals surface area contributed by atoms with Crippen LogP contribution in [0.15, 0.2) is 0 Å². The maximum absolute atomic E-state index is 4.22. The molecule has 0 saturated carbocycles. The maximum atomic E-state index is 4.22. The van der Waals surface area contributed by atoms with Crippen LogP contribution in [0.5, 0.6) is 0 Å². The number of aryl methyl sites for hydroxylation is 1. The van der Waals surface area contributed by atoms with E-state index < -0.39 is 0 Å². The van der Waals surface area contributed by atoms with Crippen LogP contribution in [0.1, 0.15) is 49.2 Å². The van der Waals surface area contributed by atoms with Crippen molar-refractivity contribution in [2.75, 3.05) is 19.6 Å². The van der Waals surface area contributed by atoms with E-state index in [9.17, 15) is 0 Å². The molecule has 5 heteroatoms. The summed E-state index contributed by atoms with van der Waals surface area (Å²) in [5, 5.41) is 14.2. The normalized spacial score (nSPS) is 20.2. The van der Waals surface area contributed by atoms with Gasteiger partial charge in [-0.2, -0.15) is 0 Å². The molecule has 1 unspecified atom stereocenters. The van der Waals surface area contributed by atoms with Crippen molar-refractivity contribution in [1.82, 2.24) is 20.4 Å². The van der Waals surface area contributed by atoms with Gasteiger partial charge in [0.05, 0.1) is 6.04 Å². The molecule has 1 fully saturated rings. The molecule has 1 aromatic heterocycles. The summed E-state index contributed by atoms with van der Waals surface area (Å²) in [5.74, 6) is 0. The van der Waals surface area contributed by atoms with Gasteiger partial charge in [0.2, 0.25) is 0 Å². The van der Waals surface area contributed by atoms with E-state index in [0.29, 0.717) is 12.1 Å². The molecule has 102 valence electrons. The van der Waals surface area contributed by atoms with Crippen LogP contribution in [-0.2, 0) is 0 Å². The van der Waals surface area contributed by atoms with Crippen molar-refractivity contribution < 1.29 is 0 Å². The molecule has 1 aromatic rings. The zero-order chi connectivity index (χ0) is 13.0. The lowest BCUT2D eigenvalue weighted by Gasteiger charge is -2.33. The zero-order valence-corrected chi connectivity index (χ0v) is 12.5. The Labute approximate surface area is 114 Å². The van der Waals surface area contributed by atoms with Gasteiger partial charge in [0.25, 0.3) is 0 Å². The van der Waals surface area contributed by atoms with Crippen LogP contribution < -0.4 is 5.32 Å². The van der Waals surface area contributed by atoms with Gasteiger partial charge in [0.1, 0.15) is 10.0 Å². The van der Waals surface area contributed by atoms with Gasteiger partial charge < -0.3 is 10.2 Å². The first kappa shape index (κ1) is 13.9. The molecule has 1 N–H and O–H groups in total. The second-order valence-electron chi connectivity index (χ2n) is 5.16. The predicted molar refractivity (Wildman–Crippen MR) is 75.9 cm³/mol. The minimum Gasteiger partial charge on any atom is -0.305 e. The van der Waals surface area contributed by atoms with Gasteiger partial charge in [-0.05, 0) is 52.7 Å². The van der Waals surface area contributed by atoms with Crippen molar-refractivity contribution in [3.63, 3.8) is 0 Å². The second-order valence-corrected chi connectivity index (χ2v) is 6.38. The van der Waals surface area contributed by atoms with Gasteiger partial charge in [0.15, 0.2) is 0 Å². The molecule has 1 aliphatic heterocycles. The molecular weight excluding hydrogens is 244 g/mol. The maximum Gasteiger partial charge on any atom is 0.134 e. The third-order valence-electron chi connectivity index (χ3n) is 3.53. The third kappa shape index (κ3) is 3.73. The average molecular weight is 268 g/mol. The van der Waals surface area contributed by atoms with Crippen LogP contribution in [0.3, 0.4) is 0 Å². The largest absolute Gasteiger partial charge is 0.305 e. The summed E-state index contributed by atoms with van der Waals surface area (Å²) in [6.07, 6.45) is 3.77. The van der Waals surface area contributed by atoms with Gasteiger partial charge in [0, 0.05) is 6.04 Å². The number of piperidine rings is 1. The zero-order valence-electron chi connectivity index (χ0n) is 11.6. The topological polar surface area (TPSA) is 41.0 Å². The molecule has 1 atom stereocenters. The van der Waals surface area contributed by atoms with Crippen molar-refractivity contribution in [3.8, 4) is 0 Å². The van der Waals surface area contributed by atoms with Gasteiger partial charge in [-0.25, -0.2) is 0 Å². The Balaban J connectivity index is 1.77. The Kier molecular flexibility index (Phi) is 5.09. The summed E-state index contributed by atoms with van der Waals surface area (Å²) >= 11 is 1.70. The molecule has 0 radical (unpaired) electrons. The quantitative estimate of drug-likeness (QED) is 0.890. The fraction of sp³-hybridized carbons (Fsp3) is 0.846. The van der Waals surface area contributed by atoms with Crippen molar-refractivity contribution >= 4 is 11.3 Å².